The van der Waals surface area contributed by atoms with Crippen LogP contribution in [-0.4, -0.2) is 56.1 Å². The number of benzene rings is 2. The van der Waals surface area contributed by atoms with Crippen LogP contribution in [-0.2, 0) is 19.9 Å². The number of aromatic nitrogens is 2. The standard InChI is InChI=1S/C22H24N4O6S2/c1-15-6-3-4-13-26(15)34(30,31)18-11-9-16(10-12-18)20(27)23-22-25-24-21(32-22)17-7-5-8-19(14-17)33(2,28)29/h5,7-12,14-15H,3-4,6,13H2,1-2H3,(H,23,25,27). The van der Waals surface area contributed by atoms with Crippen LogP contribution in [0, 0.1) is 0 Å². The van der Waals surface area contributed by atoms with Crippen molar-refractivity contribution < 1.29 is 26.0 Å². The Labute approximate surface area is 198 Å². The largest absolute Gasteiger partial charge is 0.403 e. The summed E-state index contributed by atoms with van der Waals surface area (Å²) in [6, 6.07) is 11.4. The molecule has 1 aliphatic heterocycles. The Morgan fingerprint density at radius 2 is 1.76 bits per heavy atom. The molecule has 0 saturated carbocycles. The first kappa shape index (κ1) is 24.0. The van der Waals surface area contributed by atoms with Gasteiger partial charge in [0.25, 0.3) is 5.91 Å². The minimum atomic E-state index is -3.64. The number of anilines is 1. The van der Waals surface area contributed by atoms with E-state index in [0.717, 1.165) is 25.5 Å². The van der Waals surface area contributed by atoms with E-state index in [9.17, 15) is 21.6 Å². The van der Waals surface area contributed by atoms with Gasteiger partial charge in [-0.1, -0.05) is 17.6 Å². The first-order chi connectivity index (χ1) is 16.1. The van der Waals surface area contributed by atoms with Crippen molar-refractivity contribution in [2.24, 2.45) is 0 Å². The zero-order chi connectivity index (χ0) is 24.5. The van der Waals surface area contributed by atoms with Crippen LogP contribution in [0.15, 0.2) is 62.7 Å². The van der Waals surface area contributed by atoms with E-state index in [4.69, 9.17) is 4.42 Å². The first-order valence-electron chi connectivity index (χ1n) is 10.6. The molecule has 0 radical (unpaired) electrons. The number of piperidine rings is 1. The van der Waals surface area contributed by atoms with Gasteiger partial charge in [-0.15, -0.1) is 5.10 Å². The second-order valence-electron chi connectivity index (χ2n) is 8.15. The molecule has 2 aromatic carbocycles. The number of nitrogens with one attached hydrogen (secondary N) is 1. The van der Waals surface area contributed by atoms with Gasteiger partial charge >= 0.3 is 6.01 Å². The summed E-state index contributed by atoms with van der Waals surface area (Å²) in [5.74, 6) is -0.520. The van der Waals surface area contributed by atoms with Crippen LogP contribution in [0.1, 0.15) is 36.5 Å². The number of rotatable bonds is 6. The molecular weight excluding hydrogens is 480 g/mol. The van der Waals surface area contributed by atoms with Crippen molar-refractivity contribution in [1.29, 1.82) is 0 Å². The molecule has 0 aliphatic carbocycles. The molecule has 1 aliphatic rings. The number of carbonyl (C=O) groups is 1. The van der Waals surface area contributed by atoms with Crippen molar-refractivity contribution in [2.75, 3.05) is 18.1 Å². The molecular formula is C22H24N4O6S2. The minimum Gasteiger partial charge on any atom is -0.403 e. The van der Waals surface area contributed by atoms with Crippen LogP contribution in [0.25, 0.3) is 11.5 Å². The molecule has 1 unspecified atom stereocenters. The number of carbonyl (C=O) groups excluding carboxylic acids is 1. The van der Waals surface area contributed by atoms with E-state index in [1.807, 2.05) is 6.92 Å². The zero-order valence-corrected chi connectivity index (χ0v) is 20.3. The molecule has 1 atom stereocenters. The molecule has 2 heterocycles. The monoisotopic (exact) mass is 504 g/mol. The lowest BCUT2D eigenvalue weighted by Gasteiger charge is -2.32. The first-order valence-corrected chi connectivity index (χ1v) is 14.0. The maximum atomic E-state index is 12.9. The normalized spacial score (nSPS) is 17.4. The van der Waals surface area contributed by atoms with Crippen LogP contribution in [0.3, 0.4) is 0 Å². The summed E-state index contributed by atoms with van der Waals surface area (Å²) in [5, 5.41) is 10.1. The second kappa shape index (κ2) is 9.28. The number of sulfonamides is 1. The van der Waals surface area contributed by atoms with E-state index in [2.05, 4.69) is 15.5 Å². The number of sulfone groups is 1. The smallest absolute Gasteiger partial charge is 0.322 e. The maximum Gasteiger partial charge on any atom is 0.322 e. The molecule has 0 bridgehead atoms. The van der Waals surface area contributed by atoms with E-state index in [1.165, 1.54) is 40.7 Å². The van der Waals surface area contributed by atoms with Crippen molar-refractivity contribution in [2.45, 2.75) is 42.0 Å². The van der Waals surface area contributed by atoms with Gasteiger partial charge in [0.1, 0.15) is 0 Å². The highest BCUT2D eigenvalue weighted by Gasteiger charge is 2.31. The Balaban J connectivity index is 1.48. The molecule has 12 heteroatoms. The molecule has 180 valence electrons. The van der Waals surface area contributed by atoms with Gasteiger partial charge in [-0.3, -0.25) is 10.1 Å². The highest BCUT2D eigenvalue weighted by atomic mass is 32.2. The van der Waals surface area contributed by atoms with E-state index in [1.54, 1.807) is 12.1 Å². The van der Waals surface area contributed by atoms with Crippen molar-refractivity contribution in [1.82, 2.24) is 14.5 Å². The Kier molecular flexibility index (Phi) is 6.56. The summed E-state index contributed by atoms with van der Waals surface area (Å²) in [4.78, 5) is 12.8. The quantitative estimate of drug-likeness (QED) is 0.540. The molecule has 1 saturated heterocycles. The van der Waals surface area contributed by atoms with Gasteiger partial charge in [-0.2, -0.15) is 4.31 Å². The predicted octanol–water partition coefficient (Wildman–Crippen LogP) is 2.96. The Morgan fingerprint density at radius 3 is 2.44 bits per heavy atom. The van der Waals surface area contributed by atoms with Crippen molar-refractivity contribution in [3.8, 4) is 11.5 Å². The van der Waals surface area contributed by atoms with Crippen LogP contribution >= 0.6 is 0 Å². The summed E-state index contributed by atoms with van der Waals surface area (Å²) in [6.07, 6.45) is 3.75. The fraction of sp³-hybridized carbons (Fsp3) is 0.318. The van der Waals surface area contributed by atoms with E-state index < -0.39 is 25.8 Å². The van der Waals surface area contributed by atoms with Gasteiger partial charge in [0, 0.05) is 30.0 Å². The molecule has 1 amide bonds. The Hall–Kier alpha value is -3.09. The highest BCUT2D eigenvalue weighted by Crippen LogP contribution is 2.26. The van der Waals surface area contributed by atoms with E-state index in [0.29, 0.717) is 12.1 Å². The number of hydrogen-bond donors (Lipinski definition) is 1. The Morgan fingerprint density at radius 1 is 1.03 bits per heavy atom. The molecule has 34 heavy (non-hydrogen) atoms. The average molecular weight is 505 g/mol. The van der Waals surface area contributed by atoms with E-state index >= 15 is 0 Å². The average Bonchev–Trinajstić information content (AvgIpc) is 3.27. The zero-order valence-electron chi connectivity index (χ0n) is 18.6. The Bertz CT molecular complexity index is 1420. The fourth-order valence-corrected chi connectivity index (χ4v) is 6.13. The summed E-state index contributed by atoms with van der Waals surface area (Å²) in [7, 11) is -7.05. The lowest BCUT2D eigenvalue weighted by atomic mass is 10.1. The molecule has 1 fully saturated rings. The molecule has 3 aromatic rings. The van der Waals surface area contributed by atoms with Crippen LogP contribution in [0.4, 0.5) is 6.01 Å². The minimum absolute atomic E-state index is 0.0397. The van der Waals surface area contributed by atoms with Crippen molar-refractivity contribution in [3.05, 3.63) is 54.1 Å². The van der Waals surface area contributed by atoms with Gasteiger partial charge in [0.15, 0.2) is 9.84 Å². The summed E-state index contributed by atoms with van der Waals surface area (Å²) in [6.45, 7) is 2.38. The van der Waals surface area contributed by atoms with Gasteiger partial charge in [0.2, 0.25) is 15.9 Å². The molecule has 10 nitrogen and oxygen atoms in total. The van der Waals surface area contributed by atoms with Gasteiger partial charge in [0.05, 0.1) is 9.79 Å². The van der Waals surface area contributed by atoms with Gasteiger partial charge < -0.3 is 4.42 Å². The van der Waals surface area contributed by atoms with Crippen molar-refractivity contribution >= 4 is 31.8 Å². The topological polar surface area (TPSA) is 140 Å². The number of amides is 1. The fourth-order valence-electron chi connectivity index (χ4n) is 3.76. The lowest BCUT2D eigenvalue weighted by Crippen LogP contribution is -2.41. The highest BCUT2D eigenvalue weighted by molar-refractivity contribution is 7.90. The van der Waals surface area contributed by atoms with Gasteiger partial charge in [-0.05, 0) is 62.2 Å². The molecule has 1 aromatic heterocycles. The maximum absolute atomic E-state index is 12.9. The SMILES string of the molecule is CC1CCCCN1S(=O)(=O)c1ccc(C(=O)Nc2nnc(-c3cccc(S(C)(=O)=O)c3)o2)cc1. The summed E-state index contributed by atoms with van der Waals surface area (Å²) < 4.78 is 56.4. The molecule has 1 N–H and O–H groups in total. The third-order valence-corrected chi connectivity index (χ3v) is 8.76. The number of nitrogens with zero attached hydrogens (tertiary/aromatic N) is 3. The van der Waals surface area contributed by atoms with Crippen LogP contribution in [0.2, 0.25) is 0 Å². The van der Waals surface area contributed by atoms with Crippen LogP contribution < -0.4 is 5.32 Å². The summed E-state index contributed by atoms with van der Waals surface area (Å²) in [5.41, 5.74) is 0.599. The van der Waals surface area contributed by atoms with Crippen molar-refractivity contribution in [3.63, 3.8) is 0 Å². The van der Waals surface area contributed by atoms with Gasteiger partial charge in [-0.25, -0.2) is 16.8 Å². The summed E-state index contributed by atoms with van der Waals surface area (Å²) >= 11 is 0. The van der Waals surface area contributed by atoms with Crippen LogP contribution in [0.5, 0.6) is 0 Å². The molecule has 4 rings (SSSR count). The van der Waals surface area contributed by atoms with E-state index in [-0.39, 0.29) is 33.3 Å². The lowest BCUT2D eigenvalue weighted by molar-refractivity contribution is 0.102. The number of hydrogen-bond acceptors (Lipinski definition) is 8. The third kappa shape index (κ3) is 5.03. The second-order valence-corrected chi connectivity index (χ2v) is 12.1. The third-order valence-electron chi connectivity index (χ3n) is 5.62. The predicted molar refractivity (Wildman–Crippen MR) is 124 cm³/mol. The molecule has 0 spiro atoms.